The van der Waals surface area contributed by atoms with E-state index in [-0.39, 0.29) is 0 Å². The van der Waals surface area contributed by atoms with Crippen LogP contribution in [0.2, 0.25) is 5.02 Å². The van der Waals surface area contributed by atoms with Crippen LogP contribution < -0.4 is 4.74 Å². The van der Waals surface area contributed by atoms with Gasteiger partial charge in [0, 0.05) is 5.02 Å². The monoisotopic (exact) mass is 277 g/mol. The average Bonchev–Trinajstić information content (AvgIpc) is 2.43. The van der Waals surface area contributed by atoms with Gasteiger partial charge in [0.05, 0.1) is 18.0 Å². The Morgan fingerprint density at radius 3 is 2.74 bits per heavy atom. The minimum Gasteiger partial charge on any atom is -0.455 e. The fraction of sp³-hybridized carbons (Fsp3) is 0.267. The van der Waals surface area contributed by atoms with Crippen molar-refractivity contribution in [1.82, 2.24) is 4.98 Å². The summed E-state index contributed by atoms with van der Waals surface area (Å²) in [6, 6.07) is 9.06. The number of benzene rings is 1. The molecule has 0 aliphatic heterocycles. The van der Waals surface area contributed by atoms with Gasteiger partial charge >= 0.3 is 0 Å². The molecule has 0 spiro atoms. The Morgan fingerprint density at radius 2 is 2.11 bits per heavy atom. The van der Waals surface area contributed by atoms with Crippen LogP contribution in [0.3, 0.4) is 0 Å². The molecule has 1 heterocycles. The Bertz CT molecular complexity index is 555. The quantitative estimate of drug-likeness (QED) is 0.907. The number of aryl methyl sites for hydroxylation is 1. The van der Waals surface area contributed by atoms with Crippen LogP contribution in [0.1, 0.15) is 30.7 Å². The minimum absolute atomic E-state index is 0.526. The van der Waals surface area contributed by atoms with E-state index in [4.69, 9.17) is 16.3 Å². The number of aliphatic hydroxyl groups excluding tert-OH is 1. The van der Waals surface area contributed by atoms with E-state index in [1.807, 2.05) is 26.0 Å². The second-order valence-corrected chi connectivity index (χ2v) is 4.79. The first-order valence-electron chi connectivity index (χ1n) is 6.18. The molecule has 1 atom stereocenters. The van der Waals surface area contributed by atoms with E-state index >= 15 is 0 Å². The molecule has 100 valence electrons. The number of pyridine rings is 1. The van der Waals surface area contributed by atoms with Gasteiger partial charge in [0.15, 0.2) is 0 Å². The fourth-order valence-electron chi connectivity index (χ4n) is 1.67. The number of rotatable bonds is 4. The van der Waals surface area contributed by atoms with Crippen molar-refractivity contribution in [2.45, 2.75) is 26.4 Å². The molecule has 2 rings (SSSR count). The molecule has 1 aromatic carbocycles. The van der Waals surface area contributed by atoms with Crippen LogP contribution in [0.5, 0.6) is 11.5 Å². The van der Waals surface area contributed by atoms with E-state index in [0.29, 0.717) is 28.6 Å². The van der Waals surface area contributed by atoms with Gasteiger partial charge in [-0.05, 0) is 43.2 Å². The molecule has 4 heteroatoms. The predicted molar refractivity (Wildman–Crippen MR) is 75.8 cm³/mol. The first-order chi connectivity index (χ1) is 9.10. The zero-order chi connectivity index (χ0) is 13.8. The van der Waals surface area contributed by atoms with Crippen molar-refractivity contribution in [2.24, 2.45) is 0 Å². The van der Waals surface area contributed by atoms with Crippen LogP contribution in [0.25, 0.3) is 0 Å². The van der Waals surface area contributed by atoms with Crippen LogP contribution in [-0.4, -0.2) is 10.1 Å². The van der Waals surface area contributed by atoms with Gasteiger partial charge < -0.3 is 9.84 Å². The van der Waals surface area contributed by atoms with Gasteiger partial charge in [0.1, 0.15) is 11.5 Å². The van der Waals surface area contributed by atoms with Gasteiger partial charge in [-0.1, -0.05) is 24.6 Å². The average molecular weight is 278 g/mol. The van der Waals surface area contributed by atoms with Crippen molar-refractivity contribution in [2.75, 3.05) is 0 Å². The maximum Gasteiger partial charge on any atom is 0.145 e. The Kier molecular flexibility index (Phi) is 4.40. The zero-order valence-corrected chi connectivity index (χ0v) is 11.7. The molecule has 0 bridgehead atoms. The van der Waals surface area contributed by atoms with E-state index < -0.39 is 6.10 Å². The van der Waals surface area contributed by atoms with Gasteiger partial charge in [0.2, 0.25) is 0 Å². The van der Waals surface area contributed by atoms with E-state index in [2.05, 4.69) is 4.98 Å². The lowest BCUT2D eigenvalue weighted by molar-refractivity contribution is 0.169. The van der Waals surface area contributed by atoms with E-state index in [9.17, 15) is 5.11 Å². The Hall–Kier alpha value is -1.58. The molecule has 0 radical (unpaired) electrons. The number of ether oxygens (including phenoxy) is 1. The Morgan fingerprint density at radius 1 is 1.32 bits per heavy atom. The molecular weight excluding hydrogens is 262 g/mol. The number of aromatic nitrogens is 1. The summed E-state index contributed by atoms with van der Waals surface area (Å²) in [4.78, 5) is 4.19. The fourth-order valence-corrected chi connectivity index (χ4v) is 1.83. The Labute approximate surface area is 117 Å². The molecular formula is C15H16ClNO2. The number of nitrogens with zero attached hydrogens (tertiary/aromatic N) is 1. The van der Waals surface area contributed by atoms with Gasteiger partial charge in [0.25, 0.3) is 0 Å². The highest BCUT2D eigenvalue weighted by atomic mass is 35.5. The summed E-state index contributed by atoms with van der Waals surface area (Å²) in [5, 5.41) is 10.3. The van der Waals surface area contributed by atoms with Crippen LogP contribution >= 0.6 is 11.6 Å². The molecule has 0 aliphatic rings. The Balaban J connectivity index is 2.17. The lowest BCUT2D eigenvalue weighted by Crippen LogP contribution is -1.98. The van der Waals surface area contributed by atoms with Crippen molar-refractivity contribution in [3.8, 4) is 11.5 Å². The molecule has 19 heavy (non-hydrogen) atoms. The van der Waals surface area contributed by atoms with Crippen molar-refractivity contribution in [1.29, 1.82) is 0 Å². The molecule has 3 nitrogen and oxygen atoms in total. The molecule has 1 N–H and O–H groups in total. The van der Waals surface area contributed by atoms with Crippen molar-refractivity contribution >= 4 is 11.6 Å². The second-order valence-electron chi connectivity index (χ2n) is 4.35. The minimum atomic E-state index is -0.526. The molecule has 1 aromatic heterocycles. The zero-order valence-electron chi connectivity index (χ0n) is 10.9. The highest BCUT2D eigenvalue weighted by Crippen LogP contribution is 2.28. The third kappa shape index (κ3) is 3.46. The van der Waals surface area contributed by atoms with Crippen LogP contribution in [0, 0.1) is 6.92 Å². The summed E-state index contributed by atoms with van der Waals surface area (Å²) in [5.74, 6) is 1.33. The molecule has 0 amide bonds. The third-order valence-corrected chi connectivity index (χ3v) is 3.10. The van der Waals surface area contributed by atoms with Crippen molar-refractivity contribution in [3.63, 3.8) is 0 Å². The van der Waals surface area contributed by atoms with Gasteiger partial charge in [-0.25, -0.2) is 0 Å². The van der Waals surface area contributed by atoms with E-state index in [0.717, 1.165) is 5.56 Å². The number of hydrogen-bond acceptors (Lipinski definition) is 3. The first-order valence-corrected chi connectivity index (χ1v) is 6.56. The summed E-state index contributed by atoms with van der Waals surface area (Å²) in [6.45, 7) is 3.86. The van der Waals surface area contributed by atoms with Gasteiger partial charge in [-0.15, -0.1) is 0 Å². The SMILES string of the molecule is CCC(O)c1ccc(Oc2cc(Cl)ccc2C)cn1. The first kappa shape index (κ1) is 13.8. The smallest absolute Gasteiger partial charge is 0.145 e. The standard InChI is InChI=1S/C15H16ClNO2/c1-3-14(18)13-7-6-12(9-17-13)19-15-8-11(16)5-4-10(15)2/h4-9,14,18H,3H2,1-2H3. The largest absolute Gasteiger partial charge is 0.455 e. The van der Waals surface area contributed by atoms with Gasteiger partial charge in [-0.2, -0.15) is 0 Å². The topological polar surface area (TPSA) is 42.4 Å². The lowest BCUT2D eigenvalue weighted by Gasteiger charge is -2.10. The van der Waals surface area contributed by atoms with E-state index in [1.54, 1.807) is 24.4 Å². The molecule has 0 saturated carbocycles. The van der Waals surface area contributed by atoms with Crippen molar-refractivity contribution in [3.05, 3.63) is 52.8 Å². The number of halogens is 1. The maximum atomic E-state index is 9.67. The molecule has 0 fully saturated rings. The number of aliphatic hydroxyl groups is 1. The predicted octanol–water partition coefficient (Wildman–Crippen LogP) is 4.28. The maximum absolute atomic E-state index is 9.67. The van der Waals surface area contributed by atoms with Gasteiger partial charge in [-0.3, -0.25) is 4.98 Å². The highest BCUT2D eigenvalue weighted by Gasteiger charge is 2.07. The molecule has 0 saturated heterocycles. The normalized spacial score (nSPS) is 12.2. The highest BCUT2D eigenvalue weighted by molar-refractivity contribution is 6.30. The third-order valence-electron chi connectivity index (χ3n) is 2.87. The summed E-state index contributed by atoms with van der Waals surface area (Å²) >= 11 is 5.94. The molecule has 1 unspecified atom stereocenters. The van der Waals surface area contributed by atoms with Crippen LogP contribution in [0.15, 0.2) is 36.5 Å². The summed E-state index contributed by atoms with van der Waals surface area (Å²) in [6.07, 6.45) is 1.72. The van der Waals surface area contributed by atoms with E-state index in [1.165, 1.54) is 0 Å². The summed E-state index contributed by atoms with van der Waals surface area (Å²) in [7, 11) is 0. The molecule has 2 aromatic rings. The van der Waals surface area contributed by atoms with Crippen LogP contribution in [-0.2, 0) is 0 Å². The molecule has 0 aliphatic carbocycles. The summed E-state index contributed by atoms with van der Waals surface area (Å²) in [5.41, 5.74) is 1.65. The second kappa shape index (κ2) is 6.04. The number of hydrogen-bond donors (Lipinski definition) is 1. The van der Waals surface area contributed by atoms with Crippen LogP contribution in [0.4, 0.5) is 0 Å². The lowest BCUT2D eigenvalue weighted by atomic mass is 10.2. The van der Waals surface area contributed by atoms with Crippen molar-refractivity contribution < 1.29 is 9.84 Å². The summed E-state index contributed by atoms with van der Waals surface area (Å²) < 4.78 is 5.73.